The number of aliphatic hydroxyl groups is 1. The molecule has 1 N–H and O–H groups in total. The maximum absolute atomic E-state index is 12.8. The number of fused-ring (bicyclic) bond motifs is 10. The SMILES string of the molecule is C[C@](O)(I)[C@@]12[CH]3[CH]4[CH]5[C]1(P(c1ccccc1)c1ccccc1)[Fe]45321678[CH]2[CH]1[CH]6[C]7(P(c1ccccc1)c1ccccc1)[CH]28. The monoisotopic (exact) mass is 724 g/mol. The molecule has 4 aromatic rings. The first-order valence-electron chi connectivity index (χ1n) is 15.2. The van der Waals surface area contributed by atoms with Crippen molar-refractivity contribution in [1.29, 1.82) is 0 Å². The molecule has 5 heteroatoms. The van der Waals surface area contributed by atoms with Gasteiger partial charge in [-0.2, -0.15) is 0 Å². The van der Waals surface area contributed by atoms with Crippen LogP contribution in [0.1, 0.15) is 6.92 Å². The van der Waals surface area contributed by atoms with Gasteiger partial charge in [0.15, 0.2) is 0 Å². The van der Waals surface area contributed by atoms with Crippen LogP contribution in [-0.4, -0.2) is 16.8 Å². The molecule has 10 atom stereocenters. The van der Waals surface area contributed by atoms with E-state index < -0.39 is 26.0 Å². The fraction of sp³-hybridized carbons (Fsp3) is 0.333. The van der Waals surface area contributed by atoms with E-state index in [1.807, 2.05) is 0 Å². The second-order valence-corrected chi connectivity index (χ2v) is 47.3. The van der Waals surface area contributed by atoms with E-state index >= 15 is 0 Å². The zero-order chi connectivity index (χ0) is 27.0. The number of benzene rings is 4. The molecule has 41 heavy (non-hydrogen) atoms. The fourth-order valence-electron chi connectivity index (χ4n) is 22.6. The van der Waals surface area contributed by atoms with Gasteiger partial charge in [-0.15, -0.1) is 0 Å². The van der Waals surface area contributed by atoms with Gasteiger partial charge in [-0.05, 0) is 0 Å². The Hall–Kier alpha value is -1.05. The molecule has 0 bridgehead atoms. The summed E-state index contributed by atoms with van der Waals surface area (Å²) in [6.45, 7) is -2.18. The molecule has 10 heterocycles. The Morgan fingerprint density at radius 1 is 0.585 bits per heavy atom. The summed E-state index contributed by atoms with van der Waals surface area (Å²) in [6, 6.07) is 47.1. The van der Waals surface area contributed by atoms with Crippen molar-refractivity contribution >= 4 is 59.7 Å². The topological polar surface area (TPSA) is 20.2 Å². The van der Waals surface area contributed by atoms with Gasteiger partial charge in [0.1, 0.15) is 0 Å². The summed E-state index contributed by atoms with van der Waals surface area (Å²) in [7, 11) is -0.976. The third-order valence-corrected chi connectivity index (χ3v) is 78.8. The second kappa shape index (κ2) is 3.48. The fourth-order valence-corrected chi connectivity index (χ4v) is 136. The summed E-state index contributed by atoms with van der Waals surface area (Å²) < 4.78 is 0.618. The summed E-state index contributed by atoms with van der Waals surface area (Å²) in [5.74, 6) is 0. The Bertz CT molecular complexity index is 2270. The number of halogens is 1. The Morgan fingerprint density at radius 2 is 0.976 bits per heavy atom. The third kappa shape index (κ3) is 0.561. The van der Waals surface area contributed by atoms with Gasteiger partial charge in [-0.25, -0.2) is 0 Å². The van der Waals surface area contributed by atoms with Crippen LogP contribution < -0.4 is 21.2 Å². The van der Waals surface area contributed by atoms with Gasteiger partial charge in [0, 0.05) is 0 Å². The molecule has 0 amide bonds. The van der Waals surface area contributed by atoms with Crippen molar-refractivity contribution in [2.45, 2.75) is 56.7 Å². The van der Waals surface area contributed by atoms with E-state index in [1.54, 1.807) is 21.2 Å². The average Bonchev–Trinajstić information content (AvgIpc) is 3.95. The zero-order valence-corrected chi connectivity index (χ0v) is 27.7. The summed E-state index contributed by atoms with van der Waals surface area (Å²) in [5, 5.41) is 19.3. The van der Waals surface area contributed by atoms with Crippen LogP contribution in [-0.2, 0) is 6.51 Å². The van der Waals surface area contributed by atoms with Crippen LogP contribution in [0, 0.1) is 0 Å². The van der Waals surface area contributed by atoms with Crippen LogP contribution >= 0.6 is 38.4 Å². The predicted molar refractivity (Wildman–Crippen MR) is 177 cm³/mol. The Labute approximate surface area is 247 Å². The molecule has 4 aromatic carbocycles. The van der Waals surface area contributed by atoms with Crippen LogP contribution in [0.5, 0.6) is 0 Å². The molecule has 0 aliphatic carbocycles. The first-order chi connectivity index (χ1) is 19.8. The molecule has 206 valence electrons. The van der Waals surface area contributed by atoms with Crippen molar-refractivity contribution in [2.24, 2.45) is 0 Å². The molecule has 10 fully saturated rings. The predicted octanol–water partition coefficient (Wildman–Crippen LogP) is 7.97. The summed E-state index contributed by atoms with van der Waals surface area (Å²) in [6.07, 6.45) is 0. The van der Waals surface area contributed by atoms with E-state index in [2.05, 4.69) is 151 Å². The number of hydrogen-bond donors (Lipinski definition) is 1. The van der Waals surface area contributed by atoms with Gasteiger partial charge in [0.25, 0.3) is 0 Å². The summed E-state index contributed by atoms with van der Waals surface area (Å²) >= 11 is 2.61. The Kier molecular flexibility index (Phi) is 1.84. The van der Waals surface area contributed by atoms with Gasteiger partial charge in [-0.3, -0.25) is 0 Å². The van der Waals surface area contributed by atoms with Crippen LogP contribution in [0.2, 0.25) is 38.0 Å². The molecular formula is C36H31FeIOP2. The minimum atomic E-state index is -4.48. The minimum absolute atomic E-state index is 0.247. The number of rotatable bonds is 7. The maximum atomic E-state index is 12.8. The normalized spacial score (nSPS) is 61.5. The molecule has 1 nitrogen and oxygen atoms in total. The Balaban J connectivity index is 1.16. The first kappa shape index (κ1) is 21.6. The molecule has 0 saturated carbocycles. The van der Waals surface area contributed by atoms with Gasteiger partial charge in [-0.1, -0.05) is 0 Å². The molecule has 14 rings (SSSR count). The van der Waals surface area contributed by atoms with Crippen LogP contribution in [0.15, 0.2) is 121 Å². The first-order valence-corrected chi connectivity index (χ1v) is 25.1. The van der Waals surface area contributed by atoms with E-state index in [4.69, 9.17) is 0 Å². The standard InChI is InChI=1S/C19H17IOP.C17H14P.Fe/c1-19(20,21)17-13-8-14-18(17)22(15-9-4-2-5-10-15)16-11-6-3-7-12-16;1-3-9-15(10-4-1)18(17-13-7-8-14-17)16-11-5-2-6-12-16;/h2-14,21H,1H3;1-14H;/t19-;;/m1../s1. The van der Waals surface area contributed by atoms with Crippen molar-refractivity contribution in [3.63, 3.8) is 0 Å². The molecule has 1 spiro atoms. The van der Waals surface area contributed by atoms with E-state index in [0.717, 1.165) is 33.7 Å². The number of hydrogen-bond acceptors (Lipinski definition) is 1. The van der Waals surface area contributed by atoms with Crippen LogP contribution in [0.4, 0.5) is 0 Å². The third-order valence-electron chi connectivity index (χ3n) is 20.2. The molecule has 10 aliphatic heterocycles. The van der Waals surface area contributed by atoms with E-state index in [-0.39, 0.29) is 4.31 Å². The molecule has 0 radical (unpaired) electrons. The van der Waals surface area contributed by atoms with Gasteiger partial charge < -0.3 is 0 Å². The van der Waals surface area contributed by atoms with Gasteiger partial charge in [0.2, 0.25) is 0 Å². The molecular weight excluding hydrogens is 693 g/mol. The zero-order valence-electron chi connectivity index (χ0n) is 22.7. The summed E-state index contributed by atoms with van der Waals surface area (Å²) in [4.78, 5) is 7.15. The van der Waals surface area contributed by atoms with Crippen molar-refractivity contribution in [3.05, 3.63) is 121 Å². The average molecular weight is 724 g/mol. The Morgan fingerprint density at radius 3 is 1.32 bits per heavy atom. The molecule has 8 unspecified atom stereocenters. The molecule has 10 aliphatic rings. The second-order valence-electron chi connectivity index (χ2n) is 16.7. The van der Waals surface area contributed by atoms with Crippen molar-refractivity contribution in [1.82, 2.24) is 0 Å². The van der Waals surface area contributed by atoms with Crippen molar-refractivity contribution in [2.75, 3.05) is 0 Å². The van der Waals surface area contributed by atoms with Crippen LogP contribution in [0.25, 0.3) is 0 Å². The number of alkyl halides is 1. The van der Waals surface area contributed by atoms with E-state index in [0.29, 0.717) is 8.11 Å². The van der Waals surface area contributed by atoms with Crippen molar-refractivity contribution in [3.8, 4) is 0 Å². The van der Waals surface area contributed by atoms with Gasteiger partial charge >= 0.3 is 249 Å². The van der Waals surface area contributed by atoms with E-state index in [9.17, 15) is 5.11 Å². The summed E-state index contributed by atoms with van der Waals surface area (Å²) in [5.41, 5.74) is 0. The molecule has 0 aromatic heterocycles. The van der Waals surface area contributed by atoms with Crippen LogP contribution in [0.3, 0.4) is 0 Å². The quantitative estimate of drug-likeness (QED) is 0.0888. The van der Waals surface area contributed by atoms with Crippen molar-refractivity contribution < 1.29 is 11.6 Å². The van der Waals surface area contributed by atoms with E-state index in [1.165, 1.54) is 0 Å². The van der Waals surface area contributed by atoms with Gasteiger partial charge in [0.05, 0.1) is 0 Å². The molecule has 10 saturated heterocycles.